The van der Waals surface area contributed by atoms with Crippen LogP contribution in [0.3, 0.4) is 0 Å². The Morgan fingerprint density at radius 2 is 2.03 bits per heavy atom. The summed E-state index contributed by atoms with van der Waals surface area (Å²) in [5, 5.41) is 7.59. The lowest BCUT2D eigenvalue weighted by atomic mass is 10.2. The SMILES string of the molecule is CC(N)Cc1nc2c(NCc3ccc(-n4cccn4)nc3)nc(N)nc2n1C1CCCC1. The van der Waals surface area contributed by atoms with Crippen LogP contribution in [0, 0.1) is 0 Å². The molecular weight excluding hydrogens is 404 g/mol. The van der Waals surface area contributed by atoms with E-state index in [1.807, 2.05) is 37.5 Å². The number of rotatable bonds is 7. The molecule has 10 heteroatoms. The molecule has 1 unspecified atom stereocenters. The third-order valence-corrected chi connectivity index (χ3v) is 5.83. The van der Waals surface area contributed by atoms with E-state index in [9.17, 15) is 0 Å². The van der Waals surface area contributed by atoms with Gasteiger partial charge in [0.1, 0.15) is 5.82 Å². The summed E-state index contributed by atoms with van der Waals surface area (Å²) in [5.41, 5.74) is 14.8. The van der Waals surface area contributed by atoms with Crippen molar-refractivity contribution in [2.75, 3.05) is 11.1 Å². The van der Waals surface area contributed by atoms with Crippen LogP contribution in [0.1, 0.15) is 50.0 Å². The molecule has 166 valence electrons. The van der Waals surface area contributed by atoms with E-state index in [2.05, 4.69) is 29.9 Å². The van der Waals surface area contributed by atoms with Crippen LogP contribution in [0.4, 0.5) is 11.8 Å². The minimum Gasteiger partial charge on any atom is -0.368 e. The monoisotopic (exact) mass is 432 g/mol. The second-order valence-electron chi connectivity index (χ2n) is 8.45. The third kappa shape index (κ3) is 4.01. The van der Waals surface area contributed by atoms with Crippen molar-refractivity contribution < 1.29 is 0 Å². The number of nitrogens with zero attached hydrogens (tertiary/aromatic N) is 7. The first-order valence-corrected chi connectivity index (χ1v) is 11.1. The summed E-state index contributed by atoms with van der Waals surface area (Å²) in [7, 11) is 0. The molecule has 0 bridgehead atoms. The Bertz CT molecular complexity index is 1190. The van der Waals surface area contributed by atoms with Crippen LogP contribution in [0.15, 0.2) is 36.8 Å². The summed E-state index contributed by atoms with van der Waals surface area (Å²) < 4.78 is 3.97. The maximum Gasteiger partial charge on any atom is 0.224 e. The van der Waals surface area contributed by atoms with E-state index in [1.54, 1.807) is 10.9 Å². The maximum absolute atomic E-state index is 6.12. The van der Waals surface area contributed by atoms with Gasteiger partial charge in [0.15, 0.2) is 22.8 Å². The molecule has 1 aliphatic rings. The van der Waals surface area contributed by atoms with E-state index in [4.69, 9.17) is 16.5 Å². The van der Waals surface area contributed by atoms with E-state index in [0.717, 1.165) is 41.2 Å². The van der Waals surface area contributed by atoms with E-state index < -0.39 is 0 Å². The number of fused-ring (bicyclic) bond motifs is 1. The molecule has 4 aromatic heterocycles. The lowest BCUT2D eigenvalue weighted by Gasteiger charge is -2.16. The zero-order valence-electron chi connectivity index (χ0n) is 18.1. The minimum atomic E-state index is 0.00746. The van der Waals surface area contributed by atoms with Crippen molar-refractivity contribution in [2.45, 2.75) is 57.7 Å². The standard InChI is InChI=1S/C22H28N10/c1-14(23)11-18-28-19-20(29-22(24)30-21(19)32(18)16-5-2-3-6-16)26-13-15-7-8-17(25-12-15)31-10-4-9-27-31/h4,7-10,12,14,16H,2-3,5-6,11,13,23H2,1H3,(H3,24,26,29,30). The van der Waals surface area contributed by atoms with Crippen molar-refractivity contribution >= 4 is 22.9 Å². The number of nitrogens with two attached hydrogens (primary N) is 2. The number of hydrogen-bond donors (Lipinski definition) is 3. The molecule has 0 amide bonds. The summed E-state index contributed by atoms with van der Waals surface area (Å²) in [6, 6.07) is 6.20. The van der Waals surface area contributed by atoms with Gasteiger partial charge in [-0.15, -0.1) is 0 Å². The second-order valence-corrected chi connectivity index (χ2v) is 8.45. The van der Waals surface area contributed by atoms with Crippen LogP contribution >= 0.6 is 0 Å². The molecule has 1 aliphatic carbocycles. The van der Waals surface area contributed by atoms with Crippen molar-refractivity contribution in [1.29, 1.82) is 0 Å². The molecule has 0 radical (unpaired) electrons. The fourth-order valence-corrected chi connectivity index (χ4v) is 4.38. The molecule has 4 heterocycles. The summed E-state index contributed by atoms with van der Waals surface area (Å²) in [4.78, 5) is 18.4. The Kier molecular flexibility index (Phi) is 5.44. The number of nitrogens with one attached hydrogen (secondary N) is 1. The molecule has 32 heavy (non-hydrogen) atoms. The Morgan fingerprint density at radius 3 is 2.72 bits per heavy atom. The number of hydrogen-bond acceptors (Lipinski definition) is 8. The molecule has 10 nitrogen and oxygen atoms in total. The fraction of sp³-hybridized carbons (Fsp3) is 0.409. The summed E-state index contributed by atoms with van der Waals surface area (Å²) in [5.74, 6) is 2.59. The third-order valence-electron chi connectivity index (χ3n) is 5.83. The largest absolute Gasteiger partial charge is 0.368 e. The normalized spacial score (nSPS) is 15.4. The lowest BCUT2D eigenvalue weighted by Crippen LogP contribution is -2.21. The van der Waals surface area contributed by atoms with E-state index in [1.165, 1.54) is 12.8 Å². The summed E-state index contributed by atoms with van der Waals surface area (Å²) >= 11 is 0. The van der Waals surface area contributed by atoms with Crippen LogP contribution in [0.5, 0.6) is 0 Å². The van der Waals surface area contributed by atoms with Crippen LogP contribution in [0.25, 0.3) is 17.0 Å². The van der Waals surface area contributed by atoms with Gasteiger partial charge in [0, 0.05) is 43.6 Å². The topological polar surface area (TPSA) is 138 Å². The van der Waals surface area contributed by atoms with Crippen molar-refractivity contribution in [2.24, 2.45) is 5.73 Å². The number of anilines is 2. The Balaban J connectivity index is 1.44. The summed E-state index contributed by atoms with van der Waals surface area (Å²) in [6.07, 6.45) is 10.8. The number of imidazole rings is 1. The van der Waals surface area contributed by atoms with Gasteiger partial charge < -0.3 is 21.4 Å². The van der Waals surface area contributed by atoms with Gasteiger partial charge in [-0.1, -0.05) is 18.9 Å². The maximum atomic E-state index is 6.12. The van der Waals surface area contributed by atoms with Gasteiger partial charge in [0.25, 0.3) is 0 Å². The quantitative estimate of drug-likeness (QED) is 0.405. The molecular formula is C22H28N10. The van der Waals surface area contributed by atoms with Crippen molar-refractivity contribution in [3.05, 3.63) is 48.2 Å². The Labute approximate surface area is 186 Å². The van der Waals surface area contributed by atoms with Gasteiger partial charge in [-0.05, 0) is 37.5 Å². The predicted octanol–water partition coefficient (Wildman–Crippen LogP) is 2.61. The number of aromatic nitrogens is 7. The van der Waals surface area contributed by atoms with Gasteiger partial charge in [-0.25, -0.2) is 14.6 Å². The molecule has 4 aromatic rings. The zero-order chi connectivity index (χ0) is 22.1. The highest BCUT2D eigenvalue weighted by Gasteiger charge is 2.25. The highest BCUT2D eigenvalue weighted by molar-refractivity contribution is 5.85. The highest BCUT2D eigenvalue weighted by Crippen LogP contribution is 2.35. The van der Waals surface area contributed by atoms with E-state index in [-0.39, 0.29) is 12.0 Å². The first-order valence-electron chi connectivity index (χ1n) is 11.1. The fourth-order valence-electron chi connectivity index (χ4n) is 4.38. The number of nitrogen functional groups attached to an aromatic ring is 1. The molecule has 1 fully saturated rings. The van der Waals surface area contributed by atoms with Gasteiger partial charge >= 0.3 is 0 Å². The molecule has 1 atom stereocenters. The highest BCUT2D eigenvalue weighted by atomic mass is 15.3. The summed E-state index contributed by atoms with van der Waals surface area (Å²) in [6.45, 7) is 2.54. The first kappa shape index (κ1) is 20.4. The van der Waals surface area contributed by atoms with Gasteiger partial charge in [0.2, 0.25) is 5.95 Å². The van der Waals surface area contributed by atoms with E-state index in [0.29, 0.717) is 24.8 Å². The molecule has 5 rings (SSSR count). The van der Waals surface area contributed by atoms with Crippen molar-refractivity contribution in [3.63, 3.8) is 0 Å². The Hall–Kier alpha value is -3.53. The van der Waals surface area contributed by atoms with Gasteiger partial charge in [0.05, 0.1) is 0 Å². The van der Waals surface area contributed by atoms with Crippen LogP contribution < -0.4 is 16.8 Å². The molecule has 0 aliphatic heterocycles. The average Bonchev–Trinajstić information content (AvgIpc) is 3.53. The molecule has 5 N–H and O–H groups in total. The zero-order valence-corrected chi connectivity index (χ0v) is 18.1. The molecule has 0 aromatic carbocycles. The van der Waals surface area contributed by atoms with E-state index >= 15 is 0 Å². The molecule has 0 spiro atoms. The molecule has 0 saturated heterocycles. The average molecular weight is 433 g/mol. The van der Waals surface area contributed by atoms with Crippen LogP contribution in [0.2, 0.25) is 0 Å². The second kappa shape index (κ2) is 8.54. The lowest BCUT2D eigenvalue weighted by molar-refractivity contribution is 0.499. The smallest absolute Gasteiger partial charge is 0.224 e. The van der Waals surface area contributed by atoms with Gasteiger partial charge in [-0.3, -0.25) is 0 Å². The predicted molar refractivity (Wildman–Crippen MR) is 123 cm³/mol. The Morgan fingerprint density at radius 1 is 1.19 bits per heavy atom. The van der Waals surface area contributed by atoms with Crippen LogP contribution in [-0.2, 0) is 13.0 Å². The minimum absolute atomic E-state index is 0.00746. The number of pyridine rings is 1. The van der Waals surface area contributed by atoms with Crippen LogP contribution in [-0.4, -0.2) is 40.3 Å². The molecule has 1 saturated carbocycles. The van der Waals surface area contributed by atoms with Crippen molar-refractivity contribution in [1.82, 2.24) is 34.3 Å². The van der Waals surface area contributed by atoms with Gasteiger partial charge in [-0.2, -0.15) is 15.1 Å². The van der Waals surface area contributed by atoms with Crippen molar-refractivity contribution in [3.8, 4) is 5.82 Å². The first-order chi connectivity index (χ1) is 15.6.